The van der Waals surface area contributed by atoms with Crippen molar-refractivity contribution in [1.82, 2.24) is 15.1 Å². The first-order valence-corrected chi connectivity index (χ1v) is 7.39. The summed E-state index contributed by atoms with van der Waals surface area (Å²) < 4.78 is 37.7. The van der Waals surface area contributed by atoms with Gasteiger partial charge in [-0.3, -0.25) is 14.3 Å². The highest BCUT2D eigenvalue weighted by Gasteiger charge is 2.36. The van der Waals surface area contributed by atoms with Crippen molar-refractivity contribution in [3.63, 3.8) is 0 Å². The monoisotopic (exact) mass is 332 g/mol. The van der Waals surface area contributed by atoms with Crippen LogP contribution in [0.4, 0.5) is 18.9 Å². The number of carbonyl (C=O) groups is 2. The fourth-order valence-electron chi connectivity index (χ4n) is 2.36. The first-order valence-electron chi connectivity index (χ1n) is 7.39. The Hall–Kier alpha value is -2.06. The molecule has 1 saturated heterocycles. The van der Waals surface area contributed by atoms with Gasteiger partial charge in [-0.15, -0.1) is 0 Å². The van der Waals surface area contributed by atoms with Gasteiger partial charge in [0.15, 0.2) is 0 Å². The minimum absolute atomic E-state index is 0.0150. The van der Waals surface area contributed by atoms with Crippen molar-refractivity contribution in [1.29, 1.82) is 0 Å². The van der Waals surface area contributed by atoms with E-state index in [4.69, 9.17) is 0 Å². The maximum Gasteiger partial charge on any atom is 0.408 e. The summed E-state index contributed by atoms with van der Waals surface area (Å²) in [5, 5.41) is 6.43. The van der Waals surface area contributed by atoms with E-state index in [1.165, 1.54) is 17.3 Å². The number of hydrogen-bond acceptors (Lipinski definition) is 3. The van der Waals surface area contributed by atoms with Crippen LogP contribution in [0.2, 0.25) is 0 Å². The van der Waals surface area contributed by atoms with Crippen LogP contribution in [0.3, 0.4) is 0 Å². The molecule has 9 heteroatoms. The number of nitrogens with zero attached hydrogens (tertiary/aromatic N) is 3. The quantitative estimate of drug-likeness (QED) is 0.893. The van der Waals surface area contributed by atoms with E-state index in [0.717, 1.165) is 11.1 Å². The summed E-state index contributed by atoms with van der Waals surface area (Å²) in [5.74, 6) is -0.999. The molecule has 128 valence electrons. The Morgan fingerprint density at radius 3 is 2.83 bits per heavy atom. The molecule has 1 aromatic rings. The van der Waals surface area contributed by atoms with Crippen LogP contribution in [0.5, 0.6) is 0 Å². The number of rotatable bonds is 5. The molecule has 0 unspecified atom stereocenters. The third kappa shape index (κ3) is 4.46. The van der Waals surface area contributed by atoms with Crippen molar-refractivity contribution in [3.05, 3.63) is 12.4 Å². The van der Waals surface area contributed by atoms with E-state index in [9.17, 15) is 22.8 Å². The molecule has 0 bridgehead atoms. The van der Waals surface area contributed by atoms with Gasteiger partial charge in [0.1, 0.15) is 6.54 Å². The van der Waals surface area contributed by atoms with Crippen molar-refractivity contribution in [3.8, 4) is 0 Å². The van der Waals surface area contributed by atoms with Crippen LogP contribution < -0.4 is 10.2 Å². The molecule has 0 aromatic carbocycles. The molecule has 1 aliphatic rings. The maximum atomic E-state index is 12.3. The maximum absolute atomic E-state index is 12.3. The molecule has 2 rings (SSSR count). The summed E-state index contributed by atoms with van der Waals surface area (Å²) in [6, 6.07) is 0.0150. The van der Waals surface area contributed by atoms with Gasteiger partial charge in [0.25, 0.3) is 0 Å². The minimum atomic E-state index is -4.38. The normalized spacial score (nSPS) is 20.0. The molecule has 23 heavy (non-hydrogen) atoms. The number of nitrogens with one attached hydrogen (secondary N) is 1. The molecule has 2 heterocycles. The van der Waals surface area contributed by atoms with Gasteiger partial charge in [0.2, 0.25) is 11.8 Å². The number of amides is 2. The van der Waals surface area contributed by atoms with Crippen molar-refractivity contribution in [2.24, 2.45) is 5.92 Å². The molecule has 0 spiro atoms. The Balaban J connectivity index is 2.02. The lowest BCUT2D eigenvalue weighted by atomic mass is 10.1. The van der Waals surface area contributed by atoms with Gasteiger partial charge in [-0.2, -0.15) is 18.3 Å². The fourth-order valence-corrected chi connectivity index (χ4v) is 2.36. The van der Waals surface area contributed by atoms with Crippen LogP contribution in [0.25, 0.3) is 0 Å². The molecule has 0 radical (unpaired) electrons. The summed E-state index contributed by atoms with van der Waals surface area (Å²) in [5.41, 5.74) is 0.276. The highest BCUT2D eigenvalue weighted by atomic mass is 19.4. The Morgan fingerprint density at radius 1 is 1.52 bits per heavy atom. The van der Waals surface area contributed by atoms with Crippen LogP contribution in [0.1, 0.15) is 26.7 Å². The standard InChI is InChI=1S/C14H19F3N4O2/c1-3-9(2)19-13(23)10-4-12(22)21(6-10)11-5-18-20(7-11)8-14(15,16)17/h5,7,9-10H,3-4,6,8H2,1-2H3,(H,19,23)/t9-,10-/m0/s1. The van der Waals surface area contributed by atoms with Gasteiger partial charge in [0.05, 0.1) is 17.8 Å². The zero-order valence-electron chi connectivity index (χ0n) is 12.9. The van der Waals surface area contributed by atoms with Gasteiger partial charge >= 0.3 is 6.18 Å². The first-order chi connectivity index (χ1) is 10.7. The smallest absolute Gasteiger partial charge is 0.353 e. The van der Waals surface area contributed by atoms with Crippen LogP contribution in [-0.2, 0) is 16.1 Å². The first kappa shape index (κ1) is 17.3. The lowest BCUT2D eigenvalue weighted by Crippen LogP contribution is -2.38. The van der Waals surface area contributed by atoms with E-state index in [0.29, 0.717) is 0 Å². The predicted octanol–water partition coefficient (Wildman–Crippen LogP) is 1.71. The van der Waals surface area contributed by atoms with E-state index < -0.39 is 18.6 Å². The van der Waals surface area contributed by atoms with E-state index in [2.05, 4.69) is 10.4 Å². The molecule has 0 saturated carbocycles. The zero-order chi connectivity index (χ0) is 17.2. The minimum Gasteiger partial charge on any atom is -0.353 e. The van der Waals surface area contributed by atoms with Gasteiger partial charge in [-0.1, -0.05) is 6.92 Å². The number of aromatic nitrogens is 2. The van der Waals surface area contributed by atoms with E-state index in [1.807, 2.05) is 13.8 Å². The Labute approximate surface area is 131 Å². The third-order valence-corrected chi connectivity index (χ3v) is 3.77. The molecule has 6 nitrogen and oxygen atoms in total. The second-order valence-electron chi connectivity index (χ2n) is 5.73. The number of alkyl halides is 3. The molecule has 1 aromatic heterocycles. The predicted molar refractivity (Wildman–Crippen MR) is 76.6 cm³/mol. The van der Waals surface area contributed by atoms with Gasteiger partial charge in [-0.25, -0.2) is 0 Å². The van der Waals surface area contributed by atoms with E-state index in [1.54, 1.807) is 0 Å². The second kappa shape index (κ2) is 6.59. The largest absolute Gasteiger partial charge is 0.408 e. The lowest BCUT2D eigenvalue weighted by molar-refractivity contribution is -0.142. The van der Waals surface area contributed by atoms with Crippen molar-refractivity contribution in [2.75, 3.05) is 11.4 Å². The van der Waals surface area contributed by atoms with Gasteiger partial charge < -0.3 is 10.2 Å². The second-order valence-corrected chi connectivity index (χ2v) is 5.73. The number of anilines is 1. The van der Waals surface area contributed by atoms with E-state index >= 15 is 0 Å². The third-order valence-electron chi connectivity index (χ3n) is 3.77. The average Bonchev–Trinajstić information content (AvgIpc) is 3.03. The highest BCUT2D eigenvalue weighted by Crippen LogP contribution is 2.26. The fraction of sp³-hybridized carbons (Fsp3) is 0.643. The van der Waals surface area contributed by atoms with Crippen molar-refractivity contribution < 1.29 is 22.8 Å². The summed E-state index contributed by atoms with van der Waals surface area (Å²) in [7, 11) is 0. The van der Waals surface area contributed by atoms with E-state index in [-0.39, 0.29) is 36.5 Å². The van der Waals surface area contributed by atoms with Crippen molar-refractivity contribution >= 4 is 17.5 Å². The van der Waals surface area contributed by atoms with Crippen LogP contribution in [-0.4, -0.2) is 40.4 Å². The number of halogens is 3. The molecule has 1 N–H and O–H groups in total. The molecule has 0 aliphatic carbocycles. The summed E-state index contributed by atoms with van der Waals surface area (Å²) in [4.78, 5) is 25.4. The summed E-state index contributed by atoms with van der Waals surface area (Å²) in [6.45, 7) is 2.74. The topological polar surface area (TPSA) is 67.2 Å². The van der Waals surface area contributed by atoms with Gasteiger partial charge in [-0.05, 0) is 13.3 Å². The molecular formula is C14H19F3N4O2. The molecule has 1 aliphatic heterocycles. The molecular weight excluding hydrogens is 313 g/mol. The van der Waals surface area contributed by atoms with Crippen molar-refractivity contribution in [2.45, 2.75) is 45.5 Å². The molecule has 2 atom stereocenters. The Kier molecular flexibility index (Phi) is 4.96. The van der Waals surface area contributed by atoms with Crippen LogP contribution in [0, 0.1) is 5.92 Å². The molecule has 1 fully saturated rings. The highest BCUT2D eigenvalue weighted by molar-refractivity contribution is 6.00. The Morgan fingerprint density at radius 2 is 2.22 bits per heavy atom. The average molecular weight is 332 g/mol. The van der Waals surface area contributed by atoms with Gasteiger partial charge in [0, 0.05) is 25.2 Å². The number of hydrogen-bond donors (Lipinski definition) is 1. The lowest BCUT2D eigenvalue weighted by Gasteiger charge is -2.16. The molecule has 2 amide bonds. The summed E-state index contributed by atoms with van der Waals surface area (Å²) >= 11 is 0. The SMILES string of the molecule is CC[C@H](C)NC(=O)[C@H]1CC(=O)N(c2cnn(CC(F)(F)F)c2)C1. The van der Waals surface area contributed by atoms with Crippen LogP contribution >= 0.6 is 0 Å². The Bertz CT molecular complexity index is 585. The van der Waals surface area contributed by atoms with Crippen LogP contribution in [0.15, 0.2) is 12.4 Å². The zero-order valence-corrected chi connectivity index (χ0v) is 12.9. The number of carbonyl (C=O) groups excluding carboxylic acids is 2. The summed E-state index contributed by atoms with van der Waals surface area (Å²) in [6.07, 6.45) is -1.18.